The zero-order valence-corrected chi connectivity index (χ0v) is 12.2. The van der Waals surface area contributed by atoms with Crippen LogP contribution in [0.4, 0.5) is 0 Å². The molecule has 1 aromatic carbocycles. The fraction of sp³-hybridized carbons (Fsp3) is 0.364. The molecular formula is C11H11Cl3N2O3. The Bertz CT molecular complexity index is 500. The third kappa shape index (κ3) is 4.86. The molecule has 5 nitrogen and oxygen atoms in total. The first-order chi connectivity index (χ1) is 8.71. The largest absolute Gasteiger partial charge is 0.507 e. The Morgan fingerprint density at radius 2 is 2.05 bits per heavy atom. The molecule has 19 heavy (non-hydrogen) atoms. The highest BCUT2D eigenvalue weighted by atomic mass is 35.6. The van der Waals surface area contributed by atoms with Gasteiger partial charge >= 0.3 is 0 Å². The monoisotopic (exact) mass is 324 g/mol. The first-order valence-electron chi connectivity index (χ1n) is 5.23. The number of hydrogen-bond donors (Lipinski definition) is 1. The summed E-state index contributed by atoms with van der Waals surface area (Å²) in [4.78, 5) is 14.0. The van der Waals surface area contributed by atoms with E-state index in [2.05, 4.69) is 4.99 Å². The maximum absolute atomic E-state index is 10.6. The van der Waals surface area contributed by atoms with Crippen molar-refractivity contribution in [2.75, 3.05) is 6.54 Å². The van der Waals surface area contributed by atoms with Crippen LogP contribution in [-0.4, -0.2) is 32.1 Å². The van der Waals surface area contributed by atoms with Crippen LogP contribution >= 0.6 is 34.8 Å². The predicted octanol–water partition coefficient (Wildman–Crippen LogP) is 3.22. The van der Waals surface area contributed by atoms with Gasteiger partial charge in [0.2, 0.25) is 10.3 Å². The minimum atomic E-state index is -1.89. The number of phenols is 1. The summed E-state index contributed by atoms with van der Waals surface area (Å²) in [5.41, 5.74) is 0.793. The lowest BCUT2D eigenvalue weighted by Crippen LogP contribution is -2.32. The van der Waals surface area contributed by atoms with Gasteiger partial charge < -0.3 is 5.11 Å². The zero-order chi connectivity index (χ0) is 14.6. The molecular weight excluding hydrogens is 314 g/mol. The summed E-state index contributed by atoms with van der Waals surface area (Å²) < 4.78 is -1.89. The van der Waals surface area contributed by atoms with Crippen molar-refractivity contribution in [3.05, 3.63) is 39.9 Å². The summed E-state index contributed by atoms with van der Waals surface area (Å²) in [7, 11) is 0. The van der Waals surface area contributed by atoms with Crippen LogP contribution in [0.2, 0.25) is 0 Å². The molecule has 0 aliphatic rings. The van der Waals surface area contributed by atoms with E-state index < -0.39 is 21.3 Å². The normalized spacial score (nSPS) is 14.2. The van der Waals surface area contributed by atoms with Crippen LogP contribution in [0.25, 0.3) is 0 Å². The van der Waals surface area contributed by atoms with Crippen molar-refractivity contribution in [3.8, 4) is 5.75 Å². The van der Waals surface area contributed by atoms with Crippen molar-refractivity contribution in [3.63, 3.8) is 0 Å². The number of alkyl halides is 3. The molecule has 1 rings (SSSR count). The highest BCUT2D eigenvalue weighted by Crippen LogP contribution is 2.33. The van der Waals surface area contributed by atoms with Gasteiger partial charge in [0.05, 0.1) is 0 Å². The standard InChI is InChI=1S/C11H11Cl3N2O3/c1-7(8-4-2-3-5-9(8)17)15-10(6-16(18)19)11(12,13)14/h2-5,10,17H,6H2,1H3. The number of halogens is 3. The maximum Gasteiger partial charge on any atom is 0.230 e. The lowest BCUT2D eigenvalue weighted by atomic mass is 10.1. The smallest absolute Gasteiger partial charge is 0.230 e. The van der Waals surface area contributed by atoms with Gasteiger partial charge in [-0.1, -0.05) is 46.9 Å². The number of hydrogen-bond acceptors (Lipinski definition) is 4. The van der Waals surface area contributed by atoms with E-state index >= 15 is 0 Å². The van der Waals surface area contributed by atoms with Gasteiger partial charge in [-0.15, -0.1) is 0 Å². The van der Waals surface area contributed by atoms with Gasteiger partial charge in [0, 0.05) is 16.2 Å². The van der Waals surface area contributed by atoms with Gasteiger partial charge in [-0.05, 0) is 19.1 Å². The number of nitro groups is 1. The van der Waals surface area contributed by atoms with E-state index in [9.17, 15) is 15.2 Å². The summed E-state index contributed by atoms with van der Waals surface area (Å²) >= 11 is 17.0. The number of aromatic hydroxyl groups is 1. The molecule has 0 amide bonds. The second-order valence-corrected chi connectivity index (χ2v) is 6.17. The maximum atomic E-state index is 10.6. The van der Waals surface area contributed by atoms with Gasteiger partial charge in [0.15, 0.2) is 6.04 Å². The summed E-state index contributed by atoms with van der Waals surface area (Å²) in [6.07, 6.45) is 0. The van der Waals surface area contributed by atoms with Crippen LogP contribution in [0.15, 0.2) is 29.3 Å². The highest BCUT2D eigenvalue weighted by molar-refractivity contribution is 6.68. The third-order valence-electron chi connectivity index (χ3n) is 2.34. The zero-order valence-electron chi connectivity index (χ0n) is 9.89. The van der Waals surface area contributed by atoms with E-state index in [1.54, 1.807) is 25.1 Å². The van der Waals surface area contributed by atoms with Crippen molar-refractivity contribution in [2.24, 2.45) is 4.99 Å². The Morgan fingerprint density at radius 1 is 1.47 bits per heavy atom. The second kappa shape index (κ2) is 6.41. The molecule has 1 atom stereocenters. The Hall–Kier alpha value is -1.04. The quantitative estimate of drug-likeness (QED) is 0.400. The molecule has 0 heterocycles. The van der Waals surface area contributed by atoms with Crippen molar-refractivity contribution >= 4 is 40.5 Å². The van der Waals surface area contributed by atoms with E-state index in [4.69, 9.17) is 34.8 Å². The molecule has 0 bridgehead atoms. The summed E-state index contributed by atoms with van der Waals surface area (Å²) in [5.74, 6) is 0.00733. The molecule has 104 valence electrons. The Kier molecular flexibility index (Phi) is 5.40. The molecule has 8 heteroatoms. The van der Waals surface area contributed by atoms with Gasteiger partial charge in [0.1, 0.15) is 5.75 Å². The molecule has 0 aromatic heterocycles. The van der Waals surface area contributed by atoms with E-state index in [0.717, 1.165) is 0 Å². The highest BCUT2D eigenvalue weighted by Gasteiger charge is 2.36. The lowest BCUT2D eigenvalue weighted by Gasteiger charge is -2.18. The first kappa shape index (κ1) is 16.0. The topological polar surface area (TPSA) is 75.7 Å². The van der Waals surface area contributed by atoms with E-state index in [1.807, 2.05) is 0 Å². The predicted molar refractivity (Wildman–Crippen MR) is 76.3 cm³/mol. The SMILES string of the molecule is CC(=NC(C[N+](=O)[O-])C(Cl)(Cl)Cl)c1ccccc1O. The van der Waals surface area contributed by atoms with E-state index in [0.29, 0.717) is 11.3 Å². The number of aliphatic imine (C=N–C) groups is 1. The molecule has 0 aliphatic carbocycles. The number of para-hydroxylation sites is 1. The molecule has 0 radical (unpaired) electrons. The van der Waals surface area contributed by atoms with E-state index in [1.165, 1.54) is 6.07 Å². The molecule has 0 aliphatic heterocycles. The summed E-state index contributed by atoms with van der Waals surface area (Å²) in [5, 5.41) is 20.2. The molecule has 1 unspecified atom stereocenters. The molecule has 1 aromatic rings. The van der Waals surface area contributed by atoms with Crippen LogP contribution in [-0.2, 0) is 0 Å². The molecule has 1 N–H and O–H groups in total. The van der Waals surface area contributed by atoms with Gasteiger partial charge in [0.25, 0.3) is 0 Å². The van der Waals surface area contributed by atoms with Crippen LogP contribution in [0.1, 0.15) is 12.5 Å². The first-order valence-corrected chi connectivity index (χ1v) is 6.36. The van der Waals surface area contributed by atoms with Crippen LogP contribution in [0.5, 0.6) is 5.75 Å². The molecule has 0 spiro atoms. The summed E-state index contributed by atoms with van der Waals surface area (Å²) in [6, 6.07) is 5.32. The third-order valence-corrected chi connectivity index (χ3v) is 3.10. The fourth-order valence-corrected chi connectivity index (χ4v) is 1.80. The van der Waals surface area contributed by atoms with Crippen molar-refractivity contribution < 1.29 is 10.0 Å². The fourth-order valence-electron chi connectivity index (χ4n) is 1.44. The van der Waals surface area contributed by atoms with Crippen LogP contribution < -0.4 is 0 Å². The van der Waals surface area contributed by atoms with Crippen LogP contribution in [0, 0.1) is 10.1 Å². The van der Waals surface area contributed by atoms with Crippen LogP contribution in [0.3, 0.4) is 0 Å². The number of benzene rings is 1. The average molecular weight is 326 g/mol. The Balaban J connectivity index is 3.09. The van der Waals surface area contributed by atoms with Crippen molar-refractivity contribution in [2.45, 2.75) is 16.8 Å². The number of nitrogens with zero attached hydrogens (tertiary/aromatic N) is 2. The Labute approximate surface area is 125 Å². The molecule has 0 saturated heterocycles. The number of rotatable bonds is 4. The lowest BCUT2D eigenvalue weighted by molar-refractivity contribution is -0.482. The summed E-state index contributed by atoms with van der Waals surface area (Å²) in [6.45, 7) is 0.972. The second-order valence-electron chi connectivity index (χ2n) is 3.80. The van der Waals surface area contributed by atoms with Gasteiger partial charge in [-0.2, -0.15) is 0 Å². The molecule has 0 fully saturated rings. The number of phenolic OH excluding ortho intramolecular Hbond substituents is 1. The van der Waals surface area contributed by atoms with Gasteiger partial charge in [-0.25, -0.2) is 0 Å². The van der Waals surface area contributed by atoms with Crippen molar-refractivity contribution in [1.29, 1.82) is 0 Å². The molecule has 0 saturated carbocycles. The average Bonchev–Trinajstić information content (AvgIpc) is 2.26. The van der Waals surface area contributed by atoms with Crippen molar-refractivity contribution in [1.82, 2.24) is 0 Å². The minimum Gasteiger partial charge on any atom is -0.507 e. The Morgan fingerprint density at radius 3 is 2.53 bits per heavy atom. The van der Waals surface area contributed by atoms with E-state index in [-0.39, 0.29) is 5.75 Å². The van der Waals surface area contributed by atoms with Gasteiger partial charge in [-0.3, -0.25) is 15.1 Å². The minimum absolute atomic E-state index is 0.00733.